The van der Waals surface area contributed by atoms with Crippen LogP contribution in [0.5, 0.6) is 0 Å². The van der Waals surface area contributed by atoms with Crippen LogP contribution in [0.1, 0.15) is 60.4 Å². The van der Waals surface area contributed by atoms with Gasteiger partial charge >= 0.3 is 0 Å². The van der Waals surface area contributed by atoms with Crippen molar-refractivity contribution in [1.82, 2.24) is 5.32 Å². The van der Waals surface area contributed by atoms with Crippen molar-refractivity contribution in [2.75, 3.05) is 13.1 Å². The first-order valence-electron chi connectivity index (χ1n) is 9.74. The third kappa shape index (κ3) is 7.41. The lowest BCUT2D eigenvalue weighted by Crippen LogP contribution is -2.27. The maximum Gasteiger partial charge on any atom is 0.0320 e. The standard InChI is InChI=1S/C23H34N2/c1-19-9-13-21(14-10-19)7-5-3-4-6-8-23(25-18-17-24)22-15-11-20(2)12-16-22/h9-16,23,25H,3-8,17-18,24H2,1-2H3. The Hall–Kier alpha value is -1.64. The van der Waals surface area contributed by atoms with E-state index in [1.54, 1.807) is 0 Å². The number of hydrogen-bond donors (Lipinski definition) is 2. The smallest absolute Gasteiger partial charge is 0.0320 e. The van der Waals surface area contributed by atoms with Crippen LogP contribution >= 0.6 is 0 Å². The summed E-state index contributed by atoms with van der Waals surface area (Å²) in [6.45, 7) is 5.86. The van der Waals surface area contributed by atoms with Gasteiger partial charge in [-0.2, -0.15) is 0 Å². The van der Waals surface area contributed by atoms with E-state index < -0.39 is 0 Å². The van der Waals surface area contributed by atoms with E-state index in [0.717, 1.165) is 6.54 Å². The van der Waals surface area contributed by atoms with Crippen molar-refractivity contribution in [3.63, 3.8) is 0 Å². The second kappa shape index (κ2) is 11.1. The monoisotopic (exact) mass is 338 g/mol. The molecule has 0 saturated heterocycles. The van der Waals surface area contributed by atoms with Gasteiger partial charge in [-0.3, -0.25) is 0 Å². The van der Waals surface area contributed by atoms with Gasteiger partial charge in [-0.1, -0.05) is 78.9 Å². The Morgan fingerprint density at radius 3 is 2.04 bits per heavy atom. The maximum absolute atomic E-state index is 5.68. The summed E-state index contributed by atoms with van der Waals surface area (Å²) in [5.41, 5.74) is 11.2. The van der Waals surface area contributed by atoms with Gasteiger partial charge in [0.25, 0.3) is 0 Å². The minimum atomic E-state index is 0.432. The summed E-state index contributed by atoms with van der Waals surface area (Å²) in [7, 11) is 0. The van der Waals surface area contributed by atoms with Gasteiger partial charge in [0.1, 0.15) is 0 Å². The van der Waals surface area contributed by atoms with Crippen LogP contribution in [0, 0.1) is 13.8 Å². The molecule has 0 spiro atoms. The molecule has 0 aromatic heterocycles. The fraction of sp³-hybridized carbons (Fsp3) is 0.478. The highest BCUT2D eigenvalue weighted by atomic mass is 14.9. The van der Waals surface area contributed by atoms with Crippen LogP contribution in [0.3, 0.4) is 0 Å². The molecule has 1 atom stereocenters. The molecule has 0 bridgehead atoms. The minimum Gasteiger partial charge on any atom is -0.329 e. The Morgan fingerprint density at radius 2 is 1.40 bits per heavy atom. The second-order valence-electron chi connectivity index (χ2n) is 7.14. The molecule has 25 heavy (non-hydrogen) atoms. The van der Waals surface area contributed by atoms with E-state index in [2.05, 4.69) is 67.7 Å². The third-order valence-corrected chi connectivity index (χ3v) is 4.84. The van der Waals surface area contributed by atoms with Gasteiger partial charge < -0.3 is 11.1 Å². The maximum atomic E-state index is 5.68. The fourth-order valence-corrected chi connectivity index (χ4v) is 3.23. The Morgan fingerprint density at radius 1 is 0.800 bits per heavy atom. The number of unbranched alkanes of at least 4 members (excludes halogenated alkanes) is 3. The number of rotatable bonds is 11. The first kappa shape index (κ1) is 19.7. The molecule has 0 radical (unpaired) electrons. The van der Waals surface area contributed by atoms with Crippen molar-refractivity contribution in [2.45, 2.75) is 58.4 Å². The van der Waals surface area contributed by atoms with E-state index in [0.29, 0.717) is 12.6 Å². The van der Waals surface area contributed by atoms with Gasteiger partial charge in [-0.05, 0) is 44.2 Å². The Balaban J connectivity index is 1.69. The largest absolute Gasteiger partial charge is 0.329 e. The van der Waals surface area contributed by atoms with Gasteiger partial charge in [-0.15, -0.1) is 0 Å². The summed E-state index contributed by atoms with van der Waals surface area (Å²) >= 11 is 0. The van der Waals surface area contributed by atoms with Gasteiger partial charge in [0, 0.05) is 19.1 Å². The van der Waals surface area contributed by atoms with Crippen molar-refractivity contribution in [3.05, 3.63) is 70.8 Å². The van der Waals surface area contributed by atoms with Crippen molar-refractivity contribution >= 4 is 0 Å². The van der Waals surface area contributed by atoms with Gasteiger partial charge in [-0.25, -0.2) is 0 Å². The number of nitrogens with two attached hydrogens (primary N) is 1. The van der Waals surface area contributed by atoms with Crippen molar-refractivity contribution in [1.29, 1.82) is 0 Å². The lowest BCUT2D eigenvalue weighted by atomic mass is 9.98. The SMILES string of the molecule is Cc1ccc(CCCCCCC(NCCN)c2ccc(C)cc2)cc1. The summed E-state index contributed by atoms with van der Waals surface area (Å²) in [5, 5.41) is 3.60. The van der Waals surface area contributed by atoms with Crippen LogP contribution < -0.4 is 11.1 Å². The number of hydrogen-bond acceptors (Lipinski definition) is 2. The van der Waals surface area contributed by atoms with Crippen molar-refractivity contribution < 1.29 is 0 Å². The average molecular weight is 339 g/mol. The molecule has 0 fully saturated rings. The van der Waals surface area contributed by atoms with E-state index in [1.165, 1.54) is 60.8 Å². The van der Waals surface area contributed by atoms with Crippen LogP contribution in [0.15, 0.2) is 48.5 Å². The third-order valence-electron chi connectivity index (χ3n) is 4.84. The zero-order valence-electron chi connectivity index (χ0n) is 15.9. The highest BCUT2D eigenvalue weighted by molar-refractivity contribution is 5.24. The molecule has 2 rings (SSSR count). The minimum absolute atomic E-state index is 0.432. The van der Waals surface area contributed by atoms with Crippen LogP contribution in [0.25, 0.3) is 0 Å². The predicted octanol–water partition coefficient (Wildman–Crippen LogP) is 5.09. The molecule has 0 aliphatic rings. The molecule has 3 N–H and O–H groups in total. The average Bonchev–Trinajstić information content (AvgIpc) is 2.63. The molecular weight excluding hydrogens is 304 g/mol. The van der Waals surface area contributed by atoms with Crippen LogP contribution in [-0.2, 0) is 6.42 Å². The zero-order chi connectivity index (χ0) is 17.9. The Kier molecular flexibility index (Phi) is 8.71. The molecule has 2 heteroatoms. The van der Waals surface area contributed by atoms with Gasteiger partial charge in [0.2, 0.25) is 0 Å². The van der Waals surface area contributed by atoms with Crippen molar-refractivity contribution in [3.8, 4) is 0 Å². The topological polar surface area (TPSA) is 38.0 Å². The first-order valence-corrected chi connectivity index (χ1v) is 9.74. The predicted molar refractivity (Wildman–Crippen MR) is 109 cm³/mol. The van der Waals surface area contributed by atoms with Crippen molar-refractivity contribution in [2.24, 2.45) is 5.73 Å². The van der Waals surface area contributed by atoms with Crippen LogP contribution in [0.2, 0.25) is 0 Å². The van der Waals surface area contributed by atoms with E-state index in [9.17, 15) is 0 Å². The van der Waals surface area contributed by atoms with Gasteiger partial charge in [0.05, 0.1) is 0 Å². The van der Waals surface area contributed by atoms with E-state index in [1.807, 2.05) is 0 Å². The molecule has 136 valence electrons. The molecule has 2 aromatic rings. The Bertz CT molecular complexity index is 586. The molecular formula is C23H34N2. The molecule has 0 aliphatic carbocycles. The normalized spacial score (nSPS) is 12.3. The molecule has 2 aromatic carbocycles. The molecule has 0 heterocycles. The second-order valence-corrected chi connectivity index (χ2v) is 7.14. The summed E-state index contributed by atoms with van der Waals surface area (Å²) < 4.78 is 0. The number of benzene rings is 2. The Labute approximate surface area is 153 Å². The highest BCUT2D eigenvalue weighted by Crippen LogP contribution is 2.21. The van der Waals surface area contributed by atoms with Crippen LogP contribution in [-0.4, -0.2) is 13.1 Å². The first-order chi connectivity index (χ1) is 12.2. The fourth-order valence-electron chi connectivity index (χ4n) is 3.23. The summed E-state index contributed by atoms with van der Waals surface area (Å²) in [4.78, 5) is 0. The molecule has 0 amide bonds. The molecule has 1 unspecified atom stereocenters. The molecule has 0 aliphatic heterocycles. The van der Waals surface area contributed by atoms with E-state index >= 15 is 0 Å². The summed E-state index contributed by atoms with van der Waals surface area (Å²) in [5.74, 6) is 0. The number of nitrogens with one attached hydrogen (secondary N) is 1. The highest BCUT2D eigenvalue weighted by Gasteiger charge is 2.10. The van der Waals surface area contributed by atoms with E-state index in [4.69, 9.17) is 5.73 Å². The lowest BCUT2D eigenvalue weighted by Gasteiger charge is -2.19. The van der Waals surface area contributed by atoms with Crippen LogP contribution in [0.4, 0.5) is 0 Å². The lowest BCUT2D eigenvalue weighted by molar-refractivity contribution is 0.473. The number of aryl methyl sites for hydroxylation is 3. The molecule has 0 saturated carbocycles. The summed E-state index contributed by atoms with van der Waals surface area (Å²) in [6.07, 6.45) is 7.56. The molecule has 2 nitrogen and oxygen atoms in total. The quantitative estimate of drug-likeness (QED) is 0.560. The van der Waals surface area contributed by atoms with Gasteiger partial charge in [0.15, 0.2) is 0 Å². The zero-order valence-corrected chi connectivity index (χ0v) is 15.9. The van der Waals surface area contributed by atoms with E-state index in [-0.39, 0.29) is 0 Å². The summed E-state index contributed by atoms with van der Waals surface area (Å²) in [6, 6.07) is 18.3.